The lowest BCUT2D eigenvalue weighted by Gasteiger charge is -2.28. The summed E-state index contributed by atoms with van der Waals surface area (Å²) in [5.41, 5.74) is 0.525. The summed E-state index contributed by atoms with van der Waals surface area (Å²) >= 11 is 0. The molecule has 0 spiro atoms. The van der Waals surface area contributed by atoms with Gasteiger partial charge in [0.2, 0.25) is 0 Å². The predicted octanol–water partition coefficient (Wildman–Crippen LogP) is 1.31. The van der Waals surface area contributed by atoms with Gasteiger partial charge in [-0.2, -0.15) is 0 Å². The lowest BCUT2D eigenvalue weighted by atomic mass is 9.82. The molecule has 2 amide bonds. The van der Waals surface area contributed by atoms with Gasteiger partial charge in [-0.05, 0) is 38.5 Å². The van der Waals surface area contributed by atoms with Gasteiger partial charge in [-0.25, -0.2) is 0 Å². The Morgan fingerprint density at radius 2 is 1.94 bits per heavy atom. The predicted molar refractivity (Wildman–Crippen MR) is 62.0 cm³/mol. The van der Waals surface area contributed by atoms with Gasteiger partial charge >= 0.3 is 0 Å². The molecule has 1 aliphatic carbocycles. The molecule has 1 saturated carbocycles. The number of carbonyl (C=O) groups is 3. The van der Waals surface area contributed by atoms with Crippen LogP contribution in [-0.4, -0.2) is 29.5 Å². The van der Waals surface area contributed by atoms with Gasteiger partial charge in [-0.1, -0.05) is 0 Å². The van der Waals surface area contributed by atoms with Crippen LogP contribution in [0.3, 0.4) is 0 Å². The third-order valence-corrected chi connectivity index (χ3v) is 3.71. The maximum absolute atomic E-state index is 11.7. The Hall–Kier alpha value is -1.45. The quantitative estimate of drug-likeness (QED) is 0.547. The van der Waals surface area contributed by atoms with E-state index >= 15 is 0 Å². The van der Waals surface area contributed by atoms with Crippen LogP contribution in [0.4, 0.5) is 0 Å². The van der Waals surface area contributed by atoms with Crippen molar-refractivity contribution in [3.8, 4) is 0 Å². The van der Waals surface area contributed by atoms with Crippen molar-refractivity contribution in [1.29, 1.82) is 0 Å². The van der Waals surface area contributed by atoms with Crippen molar-refractivity contribution in [2.45, 2.75) is 32.6 Å². The minimum Gasteiger partial charge on any atom is -0.303 e. The fourth-order valence-electron chi connectivity index (χ4n) is 2.58. The minimum absolute atomic E-state index is 0.160. The van der Waals surface area contributed by atoms with Crippen molar-refractivity contribution in [3.63, 3.8) is 0 Å². The monoisotopic (exact) mass is 235 g/mol. The number of hydrogen-bond donors (Lipinski definition) is 0. The molecule has 1 aliphatic heterocycles. The Kier molecular flexibility index (Phi) is 3.41. The molecule has 17 heavy (non-hydrogen) atoms. The molecule has 0 atom stereocenters. The number of nitrogens with zero attached hydrogens (tertiary/aromatic N) is 1. The number of hydrogen-bond acceptors (Lipinski definition) is 3. The summed E-state index contributed by atoms with van der Waals surface area (Å²) in [6, 6.07) is 0. The molecule has 1 fully saturated rings. The van der Waals surface area contributed by atoms with Crippen molar-refractivity contribution >= 4 is 18.1 Å². The molecule has 0 N–H and O–H groups in total. The molecule has 1 heterocycles. The van der Waals surface area contributed by atoms with E-state index in [0.29, 0.717) is 18.0 Å². The van der Waals surface area contributed by atoms with E-state index in [0.717, 1.165) is 32.0 Å². The molecular formula is C13H17NO3. The summed E-state index contributed by atoms with van der Waals surface area (Å²) in [5, 5.41) is 0. The summed E-state index contributed by atoms with van der Waals surface area (Å²) in [7, 11) is 0. The third kappa shape index (κ3) is 2.46. The molecule has 0 saturated heterocycles. The van der Waals surface area contributed by atoms with Crippen LogP contribution in [0.15, 0.2) is 11.6 Å². The van der Waals surface area contributed by atoms with Gasteiger partial charge in [-0.3, -0.25) is 14.5 Å². The maximum Gasteiger partial charge on any atom is 0.256 e. The standard InChI is InChI=1S/C13H17NO3/c1-9-6-12(16)14(13(9)17)7-10-2-4-11(8-15)5-3-10/h6,8,10-11H,2-5,7H2,1H3. The largest absolute Gasteiger partial charge is 0.303 e. The first kappa shape index (κ1) is 12.0. The fourth-order valence-corrected chi connectivity index (χ4v) is 2.58. The Bertz CT molecular complexity index is 378. The lowest BCUT2D eigenvalue weighted by Crippen LogP contribution is -2.36. The number of rotatable bonds is 3. The van der Waals surface area contributed by atoms with Gasteiger partial charge in [0.25, 0.3) is 11.8 Å². The van der Waals surface area contributed by atoms with Crippen molar-refractivity contribution in [2.24, 2.45) is 11.8 Å². The van der Waals surface area contributed by atoms with Crippen LogP contribution < -0.4 is 0 Å². The topological polar surface area (TPSA) is 54.5 Å². The van der Waals surface area contributed by atoms with Crippen molar-refractivity contribution in [3.05, 3.63) is 11.6 Å². The van der Waals surface area contributed by atoms with Gasteiger partial charge in [0.1, 0.15) is 6.29 Å². The number of carbonyl (C=O) groups excluding carboxylic acids is 3. The Labute approximate surface area is 101 Å². The first-order chi connectivity index (χ1) is 8.11. The second-order valence-corrected chi connectivity index (χ2v) is 5.00. The van der Waals surface area contributed by atoms with E-state index < -0.39 is 0 Å². The highest BCUT2D eigenvalue weighted by Crippen LogP contribution is 2.29. The lowest BCUT2D eigenvalue weighted by molar-refractivity contribution is -0.138. The van der Waals surface area contributed by atoms with Gasteiger partial charge < -0.3 is 4.79 Å². The highest BCUT2D eigenvalue weighted by atomic mass is 16.2. The fraction of sp³-hybridized carbons (Fsp3) is 0.615. The molecule has 0 unspecified atom stereocenters. The molecule has 0 bridgehead atoms. The Balaban J connectivity index is 1.89. The van der Waals surface area contributed by atoms with Gasteiger partial charge in [0.05, 0.1) is 0 Å². The van der Waals surface area contributed by atoms with Crippen LogP contribution in [0.1, 0.15) is 32.6 Å². The van der Waals surface area contributed by atoms with Gasteiger partial charge in [0.15, 0.2) is 0 Å². The zero-order valence-corrected chi connectivity index (χ0v) is 10.0. The third-order valence-electron chi connectivity index (χ3n) is 3.71. The van der Waals surface area contributed by atoms with Crippen LogP contribution in [0.5, 0.6) is 0 Å². The summed E-state index contributed by atoms with van der Waals surface area (Å²) < 4.78 is 0. The van der Waals surface area contributed by atoms with Crippen LogP contribution in [0.25, 0.3) is 0 Å². The SMILES string of the molecule is CC1=CC(=O)N(CC2CCC(C=O)CC2)C1=O. The normalized spacial score (nSPS) is 29.5. The highest BCUT2D eigenvalue weighted by molar-refractivity contribution is 6.15. The molecule has 4 heteroatoms. The van der Waals surface area contributed by atoms with E-state index in [-0.39, 0.29) is 17.7 Å². The van der Waals surface area contributed by atoms with Gasteiger partial charge in [-0.15, -0.1) is 0 Å². The molecule has 4 nitrogen and oxygen atoms in total. The second-order valence-electron chi connectivity index (χ2n) is 5.00. The molecular weight excluding hydrogens is 218 g/mol. The number of aldehydes is 1. The molecule has 0 radical (unpaired) electrons. The Morgan fingerprint density at radius 1 is 1.29 bits per heavy atom. The molecule has 0 aromatic rings. The highest BCUT2D eigenvalue weighted by Gasteiger charge is 2.31. The van der Waals surface area contributed by atoms with Crippen molar-refractivity contribution in [1.82, 2.24) is 4.90 Å². The maximum atomic E-state index is 11.7. The van der Waals surface area contributed by atoms with Gasteiger partial charge in [0, 0.05) is 24.1 Å². The molecule has 2 rings (SSSR count). The van der Waals surface area contributed by atoms with E-state index in [4.69, 9.17) is 0 Å². The molecule has 92 valence electrons. The zero-order chi connectivity index (χ0) is 12.4. The number of imide groups is 1. The summed E-state index contributed by atoms with van der Waals surface area (Å²) in [4.78, 5) is 35.2. The average molecular weight is 235 g/mol. The van der Waals surface area contributed by atoms with E-state index in [2.05, 4.69) is 0 Å². The Morgan fingerprint density at radius 3 is 2.41 bits per heavy atom. The second kappa shape index (κ2) is 4.82. The van der Waals surface area contributed by atoms with Crippen molar-refractivity contribution < 1.29 is 14.4 Å². The van der Waals surface area contributed by atoms with E-state index in [1.54, 1.807) is 6.92 Å². The first-order valence-corrected chi connectivity index (χ1v) is 6.11. The first-order valence-electron chi connectivity index (χ1n) is 6.11. The van der Waals surface area contributed by atoms with Crippen LogP contribution in [0.2, 0.25) is 0 Å². The van der Waals surface area contributed by atoms with Crippen LogP contribution >= 0.6 is 0 Å². The van der Waals surface area contributed by atoms with Crippen LogP contribution in [0, 0.1) is 11.8 Å². The molecule has 2 aliphatic rings. The van der Waals surface area contributed by atoms with Crippen molar-refractivity contribution in [2.75, 3.05) is 6.54 Å². The summed E-state index contributed by atoms with van der Waals surface area (Å²) in [6.45, 7) is 2.18. The smallest absolute Gasteiger partial charge is 0.256 e. The summed E-state index contributed by atoms with van der Waals surface area (Å²) in [5.74, 6) is 0.187. The average Bonchev–Trinajstić information content (AvgIpc) is 2.57. The van der Waals surface area contributed by atoms with E-state index in [1.165, 1.54) is 11.0 Å². The molecule has 0 aromatic carbocycles. The minimum atomic E-state index is -0.190. The summed E-state index contributed by atoms with van der Waals surface area (Å²) in [6.07, 6.45) is 6.06. The van der Waals surface area contributed by atoms with E-state index in [9.17, 15) is 14.4 Å². The zero-order valence-electron chi connectivity index (χ0n) is 10.0. The molecule has 0 aromatic heterocycles. The van der Waals surface area contributed by atoms with E-state index in [1.807, 2.05) is 0 Å². The van der Waals surface area contributed by atoms with Crippen LogP contribution in [-0.2, 0) is 14.4 Å². The number of amides is 2.